The normalized spacial score (nSPS) is 12.0. The van der Waals surface area contributed by atoms with Crippen LogP contribution >= 0.6 is 0 Å². The molecule has 1 heterocycles. The average Bonchev–Trinajstić information content (AvgIpc) is 2.37. The molecule has 0 aliphatic rings. The highest BCUT2D eigenvalue weighted by Crippen LogP contribution is 2.08. The Hall–Kier alpha value is -1.62. The zero-order valence-electron chi connectivity index (χ0n) is 10.6. The van der Waals surface area contributed by atoms with Crippen LogP contribution < -0.4 is 11.3 Å². The van der Waals surface area contributed by atoms with Gasteiger partial charge in [0.25, 0.3) is 5.91 Å². The van der Waals surface area contributed by atoms with E-state index in [0.717, 1.165) is 13.0 Å². The van der Waals surface area contributed by atoms with E-state index in [9.17, 15) is 4.79 Å². The predicted molar refractivity (Wildman–Crippen MR) is 68.5 cm³/mol. The smallest absolute Gasteiger partial charge is 0.272 e. The lowest BCUT2D eigenvalue weighted by Crippen LogP contribution is -2.31. The van der Waals surface area contributed by atoms with Crippen molar-refractivity contribution < 1.29 is 4.79 Å². The zero-order chi connectivity index (χ0) is 12.8. The number of aromatic nitrogens is 1. The number of nitrogen functional groups attached to an aromatic ring is 1. The number of carbonyl (C=O) groups is 1. The first-order chi connectivity index (χ1) is 8.08. The number of hydrogen-bond acceptors (Lipinski definition) is 4. The Bertz CT molecular complexity index is 363. The molecule has 1 atom stereocenters. The molecule has 3 N–H and O–H groups in total. The van der Waals surface area contributed by atoms with Gasteiger partial charge in [0.2, 0.25) is 0 Å². The van der Waals surface area contributed by atoms with Crippen LogP contribution in [0.2, 0.25) is 0 Å². The Kier molecular flexibility index (Phi) is 4.90. The molecule has 1 unspecified atom stereocenters. The lowest BCUT2D eigenvalue weighted by atomic mass is 10.1. The molecule has 0 bridgehead atoms. The van der Waals surface area contributed by atoms with E-state index < -0.39 is 0 Å². The molecular formula is C12H20N4O. The summed E-state index contributed by atoms with van der Waals surface area (Å²) in [6.45, 7) is 4.98. The summed E-state index contributed by atoms with van der Waals surface area (Å²) in [5.41, 5.74) is 3.60. The minimum Gasteiger partial charge on any atom is -0.340 e. The van der Waals surface area contributed by atoms with Crippen LogP contribution in [0.3, 0.4) is 0 Å². The van der Waals surface area contributed by atoms with Crippen molar-refractivity contribution in [3.63, 3.8) is 0 Å². The number of anilines is 1. The number of nitrogens with two attached hydrogens (primary N) is 1. The van der Waals surface area contributed by atoms with Gasteiger partial charge in [-0.2, -0.15) is 0 Å². The van der Waals surface area contributed by atoms with Crippen molar-refractivity contribution in [2.24, 2.45) is 11.8 Å². The van der Waals surface area contributed by atoms with Gasteiger partial charge in [-0.15, -0.1) is 0 Å². The van der Waals surface area contributed by atoms with E-state index in [0.29, 0.717) is 17.3 Å². The largest absolute Gasteiger partial charge is 0.340 e. The summed E-state index contributed by atoms with van der Waals surface area (Å²) >= 11 is 0. The van der Waals surface area contributed by atoms with Crippen molar-refractivity contribution in [1.29, 1.82) is 0 Å². The quantitative estimate of drug-likeness (QED) is 0.600. The fourth-order valence-electron chi connectivity index (χ4n) is 1.48. The van der Waals surface area contributed by atoms with E-state index in [1.807, 2.05) is 0 Å². The molecule has 0 spiro atoms. The van der Waals surface area contributed by atoms with E-state index in [-0.39, 0.29) is 5.91 Å². The Morgan fingerprint density at radius 1 is 1.59 bits per heavy atom. The van der Waals surface area contributed by atoms with E-state index >= 15 is 0 Å². The molecule has 0 fully saturated rings. The molecule has 0 aliphatic heterocycles. The first-order valence-electron chi connectivity index (χ1n) is 5.76. The van der Waals surface area contributed by atoms with Crippen LogP contribution in [0.15, 0.2) is 18.3 Å². The Morgan fingerprint density at radius 2 is 2.29 bits per heavy atom. The predicted octanol–water partition coefficient (Wildman–Crippen LogP) is 1.49. The maximum Gasteiger partial charge on any atom is 0.272 e. The topological polar surface area (TPSA) is 71.2 Å². The molecule has 1 aromatic rings. The molecule has 5 nitrogen and oxygen atoms in total. The van der Waals surface area contributed by atoms with E-state index in [1.165, 1.54) is 0 Å². The van der Waals surface area contributed by atoms with Gasteiger partial charge < -0.3 is 10.3 Å². The van der Waals surface area contributed by atoms with Gasteiger partial charge in [0.1, 0.15) is 5.69 Å². The van der Waals surface area contributed by atoms with Gasteiger partial charge in [0.15, 0.2) is 0 Å². The van der Waals surface area contributed by atoms with Crippen molar-refractivity contribution in [3.8, 4) is 0 Å². The van der Waals surface area contributed by atoms with E-state index in [4.69, 9.17) is 5.84 Å². The van der Waals surface area contributed by atoms with Crippen LogP contribution in [0, 0.1) is 5.92 Å². The van der Waals surface area contributed by atoms with Crippen molar-refractivity contribution >= 4 is 11.6 Å². The highest BCUT2D eigenvalue weighted by Gasteiger charge is 2.14. The fourth-order valence-corrected chi connectivity index (χ4v) is 1.48. The average molecular weight is 236 g/mol. The summed E-state index contributed by atoms with van der Waals surface area (Å²) < 4.78 is 0. The summed E-state index contributed by atoms with van der Waals surface area (Å²) in [7, 11) is 1.80. The van der Waals surface area contributed by atoms with Gasteiger partial charge in [-0.05, 0) is 18.1 Å². The number of rotatable bonds is 5. The molecule has 1 rings (SSSR count). The maximum absolute atomic E-state index is 12.0. The number of pyridine rings is 1. The number of nitrogens with one attached hydrogen (secondary N) is 1. The number of hydrazine groups is 1. The molecule has 1 aromatic heterocycles. The van der Waals surface area contributed by atoms with Gasteiger partial charge in [-0.25, -0.2) is 4.98 Å². The van der Waals surface area contributed by atoms with Gasteiger partial charge >= 0.3 is 0 Å². The second kappa shape index (κ2) is 6.20. The van der Waals surface area contributed by atoms with E-state index in [1.54, 1.807) is 30.3 Å². The summed E-state index contributed by atoms with van der Waals surface area (Å²) in [5.74, 6) is 5.67. The van der Waals surface area contributed by atoms with Crippen molar-refractivity contribution in [2.45, 2.75) is 20.3 Å². The molecule has 1 amide bonds. The number of amides is 1. The SMILES string of the molecule is CCC(C)CN(C)C(=O)c1ccc(NN)cn1. The third kappa shape index (κ3) is 3.71. The minimum absolute atomic E-state index is 0.0612. The Labute approximate surface area is 102 Å². The lowest BCUT2D eigenvalue weighted by Gasteiger charge is -2.20. The molecule has 0 aliphatic carbocycles. The van der Waals surface area contributed by atoms with Gasteiger partial charge in [0.05, 0.1) is 11.9 Å². The number of hydrogen-bond donors (Lipinski definition) is 2. The Balaban J connectivity index is 2.67. The van der Waals surface area contributed by atoms with Crippen LogP contribution in [0.4, 0.5) is 5.69 Å². The van der Waals surface area contributed by atoms with E-state index in [2.05, 4.69) is 24.3 Å². The summed E-state index contributed by atoms with van der Waals surface area (Å²) in [6, 6.07) is 3.40. The zero-order valence-corrected chi connectivity index (χ0v) is 10.6. The molecular weight excluding hydrogens is 216 g/mol. The summed E-state index contributed by atoms with van der Waals surface area (Å²) in [4.78, 5) is 17.8. The van der Waals surface area contributed by atoms with Crippen LogP contribution in [0.25, 0.3) is 0 Å². The first kappa shape index (κ1) is 13.4. The van der Waals surface area contributed by atoms with Crippen LogP contribution in [-0.2, 0) is 0 Å². The van der Waals surface area contributed by atoms with Crippen LogP contribution in [0.1, 0.15) is 30.8 Å². The maximum atomic E-state index is 12.0. The second-order valence-electron chi connectivity index (χ2n) is 4.28. The third-order valence-corrected chi connectivity index (χ3v) is 2.78. The van der Waals surface area contributed by atoms with Crippen molar-refractivity contribution in [1.82, 2.24) is 9.88 Å². The minimum atomic E-state index is -0.0612. The van der Waals surface area contributed by atoms with Gasteiger partial charge in [-0.1, -0.05) is 20.3 Å². The molecule has 0 saturated heterocycles. The summed E-state index contributed by atoms with van der Waals surface area (Å²) in [6.07, 6.45) is 2.60. The lowest BCUT2D eigenvalue weighted by molar-refractivity contribution is 0.0769. The second-order valence-corrected chi connectivity index (χ2v) is 4.28. The molecule has 5 heteroatoms. The molecule has 94 valence electrons. The summed E-state index contributed by atoms with van der Waals surface area (Å²) in [5, 5.41) is 0. The van der Waals surface area contributed by atoms with Gasteiger partial charge in [0, 0.05) is 13.6 Å². The first-order valence-corrected chi connectivity index (χ1v) is 5.76. The molecule has 0 saturated carbocycles. The van der Waals surface area contributed by atoms with Crippen molar-refractivity contribution in [2.75, 3.05) is 19.0 Å². The van der Waals surface area contributed by atoms with Gasteiger partial charge in [-0.3, -0.25) is 10.6 Å². The standard InChI is InChI=1S/C12H20N4O/c1-4-9(2)8-16(3)12(17)11-6-5-10(15-13)7-14-11/h5-7,9,15H,4,8,13H2,1-3H3. The fraction of sp³-hybridized carbons (Fsp3) is 0.500. The number of nitrogens with zero attached hydrogens (tertiary/aromatic N) is 2. The molecule has 0 radical (unpaired) electrons. The Morgan fingerprint density at radius 3 is 2.76 bits per heavy atom. The number of carbonyl (C=O) groups excluding carboxylic acids is 1. The molecule has 0 aromatic carbocycles. The molecule has 17 heavy (non-hydrogen) atoms. The van der Waals surface area contributed by atoms with Crippen LogP contribution in [-0.4, -0.2) is 29.4 Å². The highest BCUT2D eigenvalue weighted by atomic mass is 16.2. The highest BCUT2D eigenvalue weighted by molar-refractivity contribution is 5.92. The third-order valence-electron chi connectivity index (χ3n) is 2.78. The van der Waals surface area contributed by atoms with Crippen molar-refractivity contribution in [3.05, 3.63) is 24.0 Å². The van der Waals surface area contributed by atoms with Crippen LogP contribution in [0.5, 0.6) is 0 Å². The monoisotopic (exact) mass is 236 g/mol.